The van der Waals surface area contributed by atoms with Crippen molar-refractivity contribution < 1.29 is 21.9 Å². The van der Waals surface area contributed by atoms with Crippen molar-refractivity contribution in [3.8, 4) is 5.75 Å². The van der Waals surface area contributed by atoms with Gasteiger partial charge in [0.2, 0.25) is 0 Å². The average molecular weight is 335 g/mol. The minimum atomic E-state index is -3.51. The summed E-state index contributed by atoms with van der Waals surface area (Å²) < 4.78 is 56.7. The van der Waals surface area contributed by atoms with Crippen LogP contribution in [0.4, 0.5) is 14.5 Å². The van der Waals surface area contributed by atoms with E-state index in [0.717, 1.165) is 4.31 Å². The Morgan fingerprint density at radius 1 is 1.36 bits per heavy atom. The van der Waals surface area contributed by atoms with Crippen molar-refractivity contribution in [1.82, 2.24) is 9.03 Å². The Morgan fingerprint density at radius 3 is 2.68 bits per heavy atom. The third-order valence-corrected chi connectivity index (χ3v) is 5.00. The molecule has 124 valence electrons. The fourth-order valence-electron chi connectivity index (χ4n) is 2.31. The first-order valence-electron chi connectivity index (χ1n) is 6.78. The second-order valence-electron chi connectivity index (χ2n) is 5.18. The highest BCUT2D eigenvalue weighted by Crippen LogP contribution is 2.31. The molecule has 0 aliphatic carbocycles. The van der Waals surface area contributed by atoms with Crippen LogP contribution in [0.2, 0.25) is 0 Å². The molecule has 1 saturated heterocycles. The molecule has 9 heteroatoms. The average Bonchev–Trinajstić information content (AvgIpc) is 2.86. The van der Waals surface area contributed by atoms with Crippen LogP contribution in [-0.4, -0.2) is 52.6 Å². The number of rotatable bonds is 6. The van der Waals surface area contributed by atoms with Gasteiger partial charge in [-0.05, 0) is 18.6 Å². The minimum Gasteiger partial charge on any atom is -0.433 e. The fraction of sp³-hybridized carbons (Fsp3) is 0.538. The highest BCUT2D eigenvalue weighted by Gasteiger charge is 2.29. The molecule has 0 radical (unpaired) electrons. The molecule has 0 unspecified atom stereocenters. The normalized spacial score (nSPS) is 19.2. The number of alkyl halides is 2. The van der Waals surface area contributed by atoms with Crippen LogP contribution in [0.1, 0.15) is 6.42 Å². The second-order valence-corrected chi connectivity index (χ2v) is 7.10. The van der Waals surface area contributed by atoms with E-state index in [1.54, 1.807) is 18.2 Å². The maximum Gasteiger partial charge on any atom is 0.387 e. The van der Waals surface area contributed by atoms with Gasteiger partial charge < -0.3 is 9.64 Å². The predicted molar refractivity (Wildman–Crippen MR) is 79.4 cm³/mol. The Hall–Kier alpha value is -1.45. The molecule has 22 heavy (non-hydrogen) atoms. The maximum atomic E-state index is 12.4. The van der Waals surface area contributed by atoms with Crippen LogP contribution < -0.4 is 14.4 Å². The smallest absolute Gasteiger partial charge is 0.387 e. The Labute approximate surface area is 128 Å². The van der Waals surface area contributed by atoms with Crippen molar-refractivity contribution in [3.05, 3.63) is 24.3 Å². The molecule has 1 atom stereocenters. The lowest BCUT2D eigenvalue weighted by Gasteiger charge is -2.22. The van der Waals surface area contributed by atoms with E-state index in [-0.39, 0.29) is 11.8 Å². The van der Waals surface area contributed by atoms with E-state index in [9.17, 15) is 17.2 Å². The topological polar surface area (TPSA) is 61.9 Å². The summed E-state index contributed by atoms with van der Waals surface area (Å²) in [5.74, 6) is 0.0913. The van der Waals surface area contributed by atoms with Crippen LogP contribution >= 0.6 is 0 Å². The molecule has 0 amide bonds. The highest BCUT2D eigenvalue weighted by atomic mass is 32.2. The molecule has 0 spiro atoms. The Bertz CT molecular complexity index is 610. The summed E-state index contributed by atoms with van der Waals surface area (Å²) in [6.45, 7) is -1.94. The molecule has 0 saturated carbocycles. The summed E-state index contributed by atoms with van der Waals surface area (Å²) in [5, 5.41) is 0. The van der Waals surface area contributed by atoms with Crippen LogP contribution in [-0.2, 0) is 10.2 Å². The molecule has 1 fully saturated rings. The maximum absolute atomic E-state index is 12.4. The van der Waals surface area contributed by atoms with E-state index < -0.39 is 16.8 Å². The van der Waals surface area contributed by atoms with E-state index in [4.69, 9.17) is 0 Å². The molecule has 1 aromatic rings. The number of para-hydroxylation sites is 2. The number of nitrogens with zero attached hydrogens (tertiary/aromatic N) is 2. The number of hydrogen-bond acceptors (Lipinski definition) is 4. The van der Waals surface area contributed by atoms with Crippen LogP contribution in [0.25, 0.3) is 0 Å². The third-order valence-electron chi connectivity index (χ3n) is 3.41. The lowest BCUT2D eigenvalue weighted by molar-refractivity contribution is -0.0495. The largest absolute Gasteiger partial charge is 0.433 e. The van der Waals surface area contributed by atoms with Crippen LogP contribution in [0.5, 0.6) is 5.75 Å². The van der Waals surface area contributed by atoms with Crippen molar-refractivity contribution in [2.75, 3.05) is 32.1 Å². The van der Waals surface area contributed by atoms with E-state index in [1.165, 1.54) is 20.2 Å². The Kier molecular flexibility index (Phi) is 5.20. The molecule has 1 aliphatic rings. The molecule has 1 heterocycles. The first kappa shape index (κ1) is 16.9. The zero-order valence-corrected chi connectivity index (χ0v) is 13.2. The van der Waals surface area contributed by atoms with Gasteiger partial charge in [0.1, 0.15) is 5.75 Å². The van der Waals surface area contributed by atoms with Gasteiger partial charge in [-0.2, -0.15) is 26.2 Å². The third kappa shape index (κ3) is 4.05. The number of nitrogens with one attached hydrogen (secondary N) is 1. The standard InChI is InChI=1S/C13H19F2N3O3S/c1-17(2)22(19,20)16-10-7-8-18(9-10)11-5-3-4-6-12(11)21-13(14)15/h3-6,10,13,16H,7-9H2,1-2H3/t10-/m0/s1. The number of anilines is 1. The van der Waals surface area contributed by atoms with Gasteiger partial charge in [-0.25, -0.2) is 0 Å². The van der Waals surface area contributed by atoms with Crippen molar-refractivity contribution >= 4 is 15.9 Å². The molecular formula is C13H19F2N3O3S. The second kappa shape index (κ2) is 6.76. The predicted octanol–water partition coefficient (Wildman–Crippen LogP) is 1.26. The van der Waals surface area contributed by atoms with Crippen molar-refractivity contribution in [3.63, 3.8) is 0 Å². The fourth-order valence-corrected chi connectivity index (χ4v) is 3.13. The highest BCUT2D eigenvalue weighted by molar-refractivity contribution is 7.87. The SMILES string of the molecule is CN(C)S(=O)(=O)N[C@H]1CCN(c2ccccc2OC(F)F)C1. The van der Waals surface area contributed by atoms with E-state index >= 15 is 0 Å². The zero-order chi connectivity index (χ0) is 16.3. The first-order valence-corrected chi connectivity index (χ1v) is 8.22. The Balaban J connectivity index is 2.08. The van der Waals surface area contributed by atoms with Crippen molar-refractivity contribution in [2.24, 2.45) is 0 Å². The summed E-state index contributed by atoms with van der Waals surface area (Å²) in [4.78, 5) is 1.83. The van der Waals surface area contributed by atoms with Crippen LogP contribution in [0.3, 0.4) is 0 Å². The van der Waals surface area contributed by atoms with Crippen LogP contribution in [0.15, 0.2) is 24.3 Å². The van der Waals surface area contributed by atoms with E-state index in [2.05, 4.69) is 9.46 Å². The molecule has 6 nitrogen and oxygen atoms in total. The van der Waals surface area contributed by atoms with Gasteiger partial charge in [0.15, 0.2) is 0 Å². The van der Waals surface area contributed by atoms with Gasteiger partial charge in [-0.3, -0.25) is 0 Å². The molecule has 1 N–H and O–H groups in total. The van der Waals surface area contributed by atoms with Gasteiger partial charge in [0, 0.05) is 33.2 Å². The summed E-state index contributed by atoms with van der Waals surface area (Å²) in [5.41, 5.74) is 0.536. The lowest BCUT2D eigenvalue weighted by Crippen LogP contribution is -2.43. The molecule has 0 aromatic heterocycles. The first-order chi connectivity index (χ1) is 10.3. The number of benzene rings is 1. The number of hydrogen-bond donors (Lipinski definition) is 1. The van der Waals surface area contributed by atoms with Gasteiger partial charge in [-0.15, -0.1) is 0 Å². The summed E-state index contributed by atoms with van der Waals surface area (Å²) in [6.07, 6.45) is 0.593. The summed E-state index contributed by atoms with van der Waals surface area (Å²) in [7, 11) is -0.620. The van der Waals surface area contributed by atoms with Crippen molar-refractivity contribution in [2.45, 2.75) is 19.1 Å². The lowest BCUT2D eigenvalue weighted by atomic mass is 10.2. The van der Waals surface area contributed by atoms with Gasteiger partial charge in [-0.1, -0.05) is 12.1 Å². The molecule has 1 aromatic carbocycles. The van der Waals surface area contributed by atoms with E-state index in [0.29, 0.717) is 25.2 Å². The summed E-state index contributed by atoms with van der Waals surface area (Å²) >= 11 is 0. The van der Waals surface area contributed by atoms with Crippen molar-refractivity contribution in [1.29, 1.82) is 0 Å². The molecule has 0 bridgehead atoms. The number of ether oxygens (including phenoxy) is 1. The Morgan fingerprint density at radius 2 is 2.05 bits per heavy atom. The molecular weight excluding hydrogens is 316 g/mol. The molecule has 2 rings (SSSR count). The van der Waals surface area contributed by atoms with Gasteiger partial charge in [0.05, 0.1) is 5.69 Å². The van der Waals surface area contributed by atoms with Gasteiger partial charge >= 0.3 is 6.61 Å². The number of halogens is 2. The quantitative estimate of drug-likeness (QED) is 0.850. The minimum absolute atomic E-state index is 0.0913. The monoisotopic (exact) mass is 335 g/mol. The zero-order valence-electron chi connectivity index (χ0n) is 12.4. The van der Waals surface area contributed by atoms with E-state index in [1.807, 2.05) is 4.90 Å². The molecule has 1 aliphatic heterocycles. The van der Waals surface area contributed by atoms with Crippen LogP contribution in [0, 0.1) is 0 Å². The van der Waals surface area contributed by atoms with Gasteiger partial charge in [0.25, 0.3) is 10.2 Å². The summed E-state index contributed by atoms with van der Waals surface area (Å²) in [6, 6.07) is 6.22.